The number of nitrogens with zero attached hydrogens (tertiary/aromatic N) is 4. The van der Waals surface area contributed by atoms with Crippen molar-refractivity contribution in [1.29, 1.82) is 0 Å². The van der Waals surface area contributed by atoms with Gasteiger partial charge in [0.15, 0.2) is 0 Å². The Morgan fingerprint density at radius 1 is 1.03 bits per heavy atom. The van der Waals surface area contributed by atoms with E-state index in [1.807, 2.05) is 24.3 Å². The van der Waals surface area contributed by atoms with Gasteiger partial charge in [0.2, 0.25) is 5.82 Å². The van der Waals surface area contributed by atoms with Crippen LogP contribution in [0.4, 0.5) is 23.7 Å². The quantitative estimate of drug-likeness (QED) is 0.368. The van der Waals surface area contributed by atoms with Crippen LogP contribution in [0.25, 0.3) is 33.1 Å². The number of benzene rings is 2. The van der Waals surface area contributed by atoms with Crippen molar-refractivity contribution in [3.63, 3.8) is 0 Å². The standard InChI is InChI=1S/C23H14F3N5O3/c24-23(25,26)21-30-20(31-34-21)17-7-8-18(16-6-3-9-28-19(16)17)29-22(32)33-12-14-11-27-10-13-4-1-2-5-15(13)14/h1-11H,12H2,(H,29,32). The van der Waals surface area contributed by atoms with Crippen LogP contribution in [0.3, 0.4) is 0 Å². The Balaban J connectivity index is 1.39. The smallest absolute Gasteiger partial charge is 0.444 e. The summed E-state index contributed by atoms with van der Waals surface area (Å²) in [6.07, 6.45) is -0.666. The monoisotopic (exact) mass is 465 g/mol. The highest BCUT2D eigenvalue weighted by atomic mass is 19.4. The molecule has 0 saturated heterocycles. The van der Waals surface area contributed by atoms with E-state index in [9.17, 15) is 18.0 Å². The molecule has 0 unspecified atom stereocenters. The second-order valence-electron chi connectivity index (χ2n) is 7.20. The van der Waals surface area contributed by atoms with E-state index in [2.05, 4.69) is 29.9 Å². The van der Waals surface area contributed by atoms with Crippen LogP contribution in [0, 0.1) is 0 Å². The molecule has 2 aromatic carbocycles. The second kappa shape index (κ2) is 8.43. The number of pyridine rings is 2. The summed E-state index contributed by atoms with van der Waals surface area (Å²) in [6.45, 7) is -0.00245. The number of ether oxygens (including phenoxy) is 1. The van der Waals surface area contributed by atoms with Gasteiger partial charge in [0.05, 0.1) is 11.2 Å². The van der Waals surface area contributed by atoms with E-state index in [1.54, 1.807) is 24.5 Å². The van der Waals surface area contributed by atoms with Gasteiger partial charge in [-0.3, -0.25) is 15.3 Å². The molecule has 1 amide bonds. The van der Waals surface area contributed by atoms with Gasteiger partial charge in [-0.05, 0) is 29.7 Å². The van der Waals surface area contributed by atoms with E-state index in [0.29, 0.717) is 11.1 Å². The molecule has 0 radical (unpaired) electrons. The van der Waals surface area contributed by atoms with Gasteiger partial charge in [-0.2, -0.15) is 18.2 Å². The second-order valence-corrected chi connectivity index (χ2v) is 7.20. The van der Waals surface area contributed by atoms with Crippen LogP contribution >= 0.6 is 0 Å². The number of carbonyl (C=O) groups excluding carboxylic acids is 1. The molecule has 34 heavy (non-hydrogen) atoms. The number of hydrogen-bond donors (Lipinski definition) is 1. The summed E-state index contributed by atoms with van der Waals surface area (Å²) in [5, 5.41) is 8.37. The van der Waals surface area contributed by atoms with Gasteiger partial charge in [0, 0.05) is 40.5 Å². The summed E-state index contributed by atoms with van der Waals surface area (Å²) in [5.74, 6) is -1.73. The molecule has 3 aromatic heterocycles. The summed E-state index contributed by atoms with van der Waals surface area (Å²) in [6, 6.07) is 13.8. The van der Waals surface area contributed by atoms with Crippen molar-refractivity contribution in [1.82, 2.24) is 20.1 Å². The van der Waals surface area contributed by atoms with Gasteiger partial charge in [-0.1, -0.05) is 29.4 Å². The fourth-order valence-electron chi connectivity index (χ4n) is 3.49. The van der Waals surface area contributed by atoms with Crippen molar-refractivity contribution in [2.75, 3.05) is 5.32 Å². The highest BCUT2D eigenvalue weighted by molar-refractivity contribution is 6.03. The Bertz CT molecular complexity index is 1510. The summed E-state index contributed by atoms with van der Waals surface area (Å²) < 4.78 is 48.2. The first kappa shape index (κ1) is 21.3. The molecular weight excluding hydrogens is 451 g/mol. The molecule has 5 rings (SSSR count). The number of fused-ring (bicyclic) bond motifs is 2. The van der Waals surface area contributed by atoms with Crippen molar-refractivity contribution < 1.29 is 27.2 Å². The number of alkyl halides is 3. The average Bonchev–Trinajstić information content (AvgIpc) is 3.34. The molecule has 170 valence electrons. The number of anilines is 1. The van der Waals surface area contributed by atoms with Gasteiger partial charge < -0.3 is 9.26 Å². The van der Waals surface area contributed by atoms with E-state index in [0.717, 1.165) is 16.3 Å². The number of nitrogens with one attached hydrogen (secondary N) is 1. The maximum atomic E-state index is 12.8. The van der Waals surface area contributed by atoms with E-state index in [4.69, 9.17) is 4.74 Å². The molecule has 5 aromatic rings. The minimum absolute atomic E-state index is 0.00245. The number of halogens is 3. The predicted molar refractivity (Wildman–Crippen MR) is 116 cm³/mol. The van der Waals surface area contributed by atoms with Gasteiger partial charge in [0.1, 0.15) is 6.61 Å². The van der Waals surface area contributed by atoms with Crippen molar-refractivity contribution >= 4 is 33.5 Å². The number of hydrogen-bond acceptors (Lipinski definition) is 7. The molecule has 0 spiro atoms. The maximum Gasteiger partial charge on any atom is 0.471 e. The van der Waals surface area contributed by atoms with Crippen LogP contribution in [0.5, 0.6) is 0 Å². The van der Waals surface area contributed by atoms with Crippen LogP contribution < -0.4 is 5.32 Å². The zero-order valence-corrected chi connectivity index (χ0v) is 17.2. The molecule has 3 heterocycles. The van der Waals surface area contributed by atoms with Crippen molar-refractivity contribution in [2.24, 2.45) is 0 Å². The Morgan fingerprint density at radius 3 is 2.68 bits per heavy atom. The number of carbonyl (C=O) groups is 1. The molecule has 0 atom stereocenters. The molecule has 0 aliphatic carbocycles. The maximum absolute atomic E-state index is 12.8. The van der Waals surface area contributed by atoms with Gasteiger partial charge in [-0.25, -0.2) is 4.79 Å². The SMILES string of the molecule is O=C(Nc1ccc(-c2noc(C(F)(F)F)n2)c2ncccc12)OCc1cncc2ccccc12. The van der Waals surface area contributed by atoms with E-state index in [1.165, 1.54) is 18.3 Å². The van der Waals surface area contributed by atoms with Gasteiger partial charge in [0.25, 0.3) is 0 Å². The fourth-order valence-corrected chi connectivity index (χ4v) is 3.49. The lowest BCUT2D eigenvalue weighted by Gasteiger charge is -2.11. The summed E-state index contributed by atoms with van der Waals surface area (Å²) >= 11 is 0. The van der Waals surface area contributed by atoms with E-state index in [-0.39, 0.29) is 23.5 Å². The first-order chi connectivity index (χ1) is 16.4. The zero-order chi connectivity index (χ0) is 23.7. The molecule has 0 aliphatic rings. The van der Waals surface area contributed by atoms with Crippen LogP contribution in [0.15, 0.2) is 71.6 Å². The Kier molecular flexibility index (Phi) is 5.28. The van der Waals surface area contributed by atoms with Crippen molar-refractivity contribution in [3.8, 4) is 11.4 Å². The third kappa shape index (κ3) is 4.10. The molecule has 0 bridgehead atoms. The summed E-state index contributed by atoms with van der Waals surface area (Å²) in [7, 11) is 0. The third-order valence-corrected chi connectivity index (χ3v) is 5.03. The first-order valence-corrected chi connectivity index (χ1v) is 9.94. The van der Waals surface area contributed by atoms with Crippen LogP contribution in [-0.4, -0.2) is 26.2 Å². The summed E-state index contributed by atoms with van der Waals surface area (Å²) in [4.78, 5) is 24.3. The summed E-state index contributed by atoms with van der Waals surface area (Å²) in [5.41, 5.74) is 1.60. The highest BCUT2D eigenvalue weighted by Gasteiger charge is 2.38. The minimum Gasteiger partial charge on any atom is -0.444 e. The van der Waals surface area contributed by atoms with Crippen LogP contribution in [0.1, 0.15) is 11.5 Å². The molecule has 11 heteroatoms. The van der Waals surface area contributed by atoms with Crippen molar-refractivity contribution in [3.05, 3.63) is 78.6 Å². The normalized spacial score (nSPS) is 11.6. The van der Waals surface area contributed by atoms with Gasteiger partial charge >= 0.3 is 18.2 Å². The lowest BCUT2D eigenvalue weighted by atomic mass is 10.1. The lowest BCUT2D eigenvalue weighted by Crippen LogP contribution is -2.14. The molecule has 0 aliphatic heterocycles. The van der Waals surface area contributed by atoms with E-state index >= 15 is 0 Å². The molecular formula is C23H14F3N5O3. The topological polar surface area (TPSA) is 103 Å². The van der Waals surface area contributed by atoms with Crippen LogP contribution in [-0.2, 0) is 17.5 Å². The minimum atomic E-state index is -4.76. The fraction of sp³-hybridized carbons (Fsp3) is 0.0870. The molecule has 0 saturated carbocycles. The first-order valence-electron chi connectivity index (χ1n) is 9.94. The number of aromatic nitrogens is 4. The van der Waals surface area contributed by atoms with E-state index < -0.39 is 18.2 Å². The average molecular weight is 465 g/mol. The van der Waals surface area contributed by atoms with Crippen LogP contribution in [0.2, 0.25) is 0 Å². The molecule has 1 N–H and O–H groups in total. The third-order valence-electron chi connectivity index (χ3n) is 5.03. The number of rotatable bonds is 4. The Labute approximate surface area is 189 Å². The predicted octanol–water partition coefficient (Wildman–Crippen LogP) is 5.60. The largest absolute Gasteiger partial charge is 0.471 e. The Morgan fingerprint density at radius 2 is 1.85 bits per heavy atom. The zero-order valence-electron chi connectivity index (χ0n) is 17.2. The lowest BCUT2D eigenvalue weighted by molar-refractivity contribution is -0.159. The number of amides is 1. The van der Waals surface area contributed by atoms with Crippen molar-refractivity contribution in [2.45, 2.75) is 12.8 Å². The highest BCUT2D eigenvalue weighted by Crippen LogP contribution is 2.33. The Hall–Kier alpha value is -4.54. The molecule has 8 nitrogen and oxygen atoms in total. The molecule has 0 fully saturated rings. The van der Waals surface area contributed by atoms with Gasteiger partial charge in [-0.15, -0.1) is 0 Å².